The van der Waals surface area contributed by atoms with E-state index in [4.69, 9.17) is 10.5 Å². The van der Waals surface area contributed by atoms with Gasteiger partial charge in [0.2, 0.25) is 0 Å². The van der Waals surface area contributed by atoms with Crippen LogP contribution in [-0.2, 0) is 6.61 Å². The van der Waals surface area contributed by atoms with Crippen LogP contribution in [0.1, 0.15) is 5.56 Å². The number of anilines is 1. The molecule has 0 saturated carbocycles. The molecular weight excluding hydrogens is 226 g/mol. The summed E-state index contributed by atoms with van der Waals surface area (Å²) in [6.07, 6.45) is 0.904. The maximum atomic E-state index is 13.2. The van der Waals surface area contributed by atoms with Crippen LogP contribution in [0.5, 0.6) is 5.88 Å². The third kappa shape index (κ3) is 2.90. The summed E-state index contributed by atoms with van der Waals surface area (Å²) in [7, 11) is 0. The molecule has 17 heavy (non-hydrogen) atoms. The van der Waals surface area contributed by atoms with Crippen LogP contribution in [0.25, 0.3) is 0 Å². The van der Waals surface area contributed by atoms with Crippen molar-refractivity contribution in [1.29, 1.82) is 0 Å². The zero-order valence-electron chi connectivity index (χ0n) is 8.86. The average Bonchev–Trinajstić information content (AvgIpc) is 2.30. The summed E-state index contributed by atoms with van der Waals surface area (Å²) in [5.41, 5.74) is 6.98. The SMILES string of the molecule is Nc1ccc(COc2ncc(F)cc2F)cc1. The number of ether oxygens (including phenoxy) is 1. The number of nitrogens with zero attached hydrogens (tertiary/aromatic N) is 1. The van der Waals surface area contributed by atoms with E-state index in [2.05, 4.69) is 4.98 Å². The van der Waals surface area contributed by atoms with Gasteiger partial charge in [0.1, 0.15) is 12.4 Å². The second-order valence-electron chi connectivity index (χ2n) is 3.47. The molecule has 0 bridgehead atoms. The molecule has 0 radical (unpaired) electrons. The summed E-state index contributed by atoms with van der Waals surface area (Å²) in [6.45, 7) is 0.149. The van der Waals surface area contributed by atoms with E-state index < -0.39 is 11.6 Å². The van der Waals surface area contributed by atoms with Crippen molar-refractivity contribution in [1.82, 2.24) is 4.98 Å². The van der Waals surface area contributed by atoms with Gasteiger partial charge in [0.15, 0.2) is 5.82 Å². The number of nitrogens with two attached hydrogens (primary N) is 1. The predicted octanol–water partition coefficient (Wildman–Crippen LogP) is 2.52. The number of aromatic nitrogens is 1. The monoisotopic (exact) mass is 236 g/mol. The third-order valence-corrected chi connectivity index (χ3v) is 2.13. The van der Waals surface area contributed by atoms with Gasteiger partial charge in [0.05, 0.1) is 6.20 Å². The molecule has 1 heterocycles. The van der Waals surface area contributed by atoms with Gasteiger partial charge in [-0.25, -0.2) is 13.8 Å². The first-order chi connectivity index (χ1) is 8.15. The van der Waals surface area contributed by atoms with E-state index in [0.717, 1.165) is 17.8 Å². The molecule has 3 nitrogen and oxygen atoms in total. The molecule has 2 aromatic rings. The smallest absolute Gasteiger partial charge is 0.250 e. The molecule has 1 aromatic carbocycles. The lowest BCUT2D eigenvalue weighted by Gasteiger charge is -2.06. The van der Waals surface area contributed by atoms with E-state index in [-0.39, 0.29) is 12.5 Å². The largest absolute Gasteiger partial charge is 0.471 e. The molecule has 0 fully saturated rings. The number of nitrogen functional groups attached to an aromatic ring is 1. The van der Waals surface area contributed by atoms with Crippen molar-refractivity contribution < 1.29 is 13.5 Å². The fourth-order valence-corrected chi connectivity index (χ4v) is 1.27. The van der Waals surface area contributed by atoms with Crippen LogP contribution < -0.4 is 10.5 Å². The molecule has 5 heteroatoms. The van der Waals surface area contributed by atoms with Crippen molar-refractivity contribution >= 4 is 5.69 Å². The van der Waals surface area contributed by atoms with E-state index in [1.165, 1.54) is 0 Å². The Kier molecular flexibility index (Phi) is 3.18. The molecule has 0 aliphatic carbocycles. The maximum absolute atomic E-state index is 13.2. The first kappa shape index (κ1) is 11.3. The Morgan fingerprint density at radius 1 is 1.18 bits per heavy atom. The fraction of sp³-hybridized carbons (Fsp3) is 0.0833. The summed E-state index contributed by atoms with van der Waals surface area (Å²) in [5.74, 6) is -1.77. The highest BCUT2D eigenvalue weighted by Gasteiger charge is 2.06. The van der Waals surface area contributed by atoms with E-state index in [0.29, 0.717) is 5.69 Å². The average molecular weight is 236 g/mol. The van der Waals surface area contributed by atoms with E-state index >= 15 is 0 Å². The van der Waals surface area contributed by atoms with Crippen molar-refractivity contribution in [3.8, 4) is 5.88 Å². The van der Waals surface area contributed by atoms with Crippen molar-refractivity contribution in [2.24, 2.45) is 0 Å². The first-order valence-electron chi connectivity index (χ1n) is 4.93. The van der Waals surface area contributed by atoms with E-state index in [1.54, 1.807) is 24.3 Å². The third-order valence-electron chi connectivity index (χ3n) is 2.13. The minimum atomic E-state index is -0.819. The minimum Gasteiger partial charge on any atom is -0.471 e. The van der Waals surface area contributed by atoms with Gasteiger partial charge < -0.3 is 10.5 Å². The molecule has 0 atom stereocenters. The van der Waals surface area contributed by atoms with E-state index in [9.17, 15) is 8.78 Å². The van der Waals surface area contributed by atoms with Crippen molar-refractivity contribution in [2.75, 3.05) is 5.73 Å². The molecule has 2 rings (SSSR count). The molecule has 0 unspecified atom stereocenters. The Labute approximate surface area is 96.9 Å². The molecule has 88 valence electrons. The van der Waals surface area contributed by atoms with Crippen molar-refractivity contribution in [3.63, 3.8) is 0 Å². The molecule has 0 amide bonds. The van der Waals surface area contributed by atoms with Gasteiger partial charge in [0, 0.05) is 11.8 Å². The Bertz CT molecular complexity index is 514. The van der Waals surface area contributed by atoms with Crippen LogP contribution >= 0.6 is 0 Å². The summed E-state index contributed by atoms with van der Waals surface area (Å²) >= 11 is 0. The Morgan fingerprint density at radius 3 is 2.53 bits per heavy atom. The number of halogens is 2. The quantitative estimate of drug-likeness (QED) is 0.833. The van der Waals surface area contributed by atoms with Gasteiger partial charge in [-0.1, -0.05) is 12.1 Å². The Morgan fingerprint density at radius 2 is 1.88 bits per heavy atom. The second kappa shape index (κ2) is 4.78. The predicted molar refractivity (Wildman–Crippen MR) is 59.3 cm³/mol. The summed E-state index contributed by atoms with van der Waals surface area (Å²) in [6, 6.07) is 7.68. The van der Waals surface area contributed by atoms with Crippen LogP contribution in [0, 0.1) is 11.6 Å². The lowest BCUT2D eigenvalue weighted by molar-refractivity contribution is 0.276. The van der Waals surface area contributed by atoms with Gasteiger partial charge in [-0.05, 0) is 17.7 Å². The molecule has 0 saturated heterocycles. The van der Waals surface area contributed by atoms with Gasteiger partial charge in [-0.2, -0.15) is 0 Å². The van der Waals surface area contributed by atoms with Crippen LogP contribution in [-0.4, -0.2) is 4.98 Å². The summed E-state index contributed by atoms with van der Waals surface area (Å²) in [4.78, 5) is 3.51. The summed E-state index contributed by atoms with van der Waals surface area (Å²) in [5, 5.41) is 0. The van der Waals surface area contributed by atoms with Crippen LogP contribution in [0.2, 0.25) is 0 Å². The van der Waals surface area contributed by atoms with Gasteiger partial charge >= 0.3 is 0 Å². The number of benzene rings is 1. The van der Waals surface area contributed by atoms with Crippen LogP contribution in [0.15, 0.2) is 36.5 Å². The Balaban J connectivity index is 2.04. The lowest BCUT2D eigenvalue weighted by Crippen LogP contribution is -2.00. The molecule has 2 N–H and O–H groups in total. The van der Waals surface area contributed by atoms with E-state index in [1.807, 2.05) is 0 Å². The first-order valence-corrected chi connectivity index (χ1v) is 4.93. The van der Waals surface area contributed by atoms with Crippen molar-refractivity contribution in [2.45, 2.75) is 6.61 Å². The molecule has 0 aliphatic heterocycles. The number of hydrogen-bond donors (Lipinski definition) is 1. The van der Waals surface area contributed by atoms with Crippen LogP contribution in [0.4, 0.5) is 14.5 Å². The molecule has 1 aromatic heterocycles. The van der Waals surface area contributed by atoms with Gasteiger partial charge in [-0.15, -0.1) is 0 Å². The van der Waals surface area contributed by atoms with Crippen molar-refractivity contribution in [3.05, 3.63) is 53.7 Å². The summed E-state index contributed by atoms with van der Waals surface area (Å²) < 4.78 is 30.9. The molecule has 0 aliphatic rings. The standard InChI is InChI=1S/C12H10F2N2O/c13-9-5-11(14)12(16-6-9)17-7-8-1-3-10(15)4-2-8/h1-6H,7,15H2. The highest BCUT2D eigenvalue weighted by atomic mass is 19.1. The minimum absolute atomic E-state index is 0.149. The molecular formula is C12H10F2N2O. The van der Waals surface area contributed by atoms with Crippen LogP contribution in [0.3, 0.4) is 0 Å². The zero-order valence-corrected chi connectivity index (χ0v) is 8.86. The zero-order chi connectivity index (χ0) is 12.3. The number of hydrogen-bond acceptors (Lipinski definition) is 3. The fourth-order valence-electron chi connectivity index (χ4n) is 1.27. The normalized spacial score (nSPS) is 10.2. The highest BCUT2D eigenvalue weighted by molar-refractivity contribution is 5.39. The molecule has 0 spiro atoms. The maximum Gasteiger partial charge on any atom is 0.250 e. The topological polar surface area (TPSA) is 48.1 Å². The Hall–Kier alpha value is -2.17. The van der Waals surface area contributed by atoms with Gasteiger partial charge in [-0.3, -0.25) is 0 Å². The van der Waals surface area contributed by atoms with Gasteiger partial charge in [0.25, 0.3) is 5.88 Å². The second-order valence-corrected chi connectivity index (χ2v) is 3.47. The highest BCUT2D eigenvalue weighted by Crippen LogP contribution is 2.15. The number of pyridine rings is 1. The number of rotatable bonds is 3. The lowest BCUT2D eigenvalue weighted by atomic mass is 10.2.